The summed E-state index contributed by atoms with van der Waals surface area (Å²) < 4.78 is 32.7. The van der Waals surface area contributed by atoms with E-state index in [1.807, 2.05) is 0 Å². The Labute approximate surface area is 329 Å². The molecule has 0 fully saturated rings. The van der Waals surface area contributed by atoms with Crippen LogP contribution in [0.4, 0.5) is 0 Å². The summed E-state index contributed by atoms with van der Waals surface area (Å²) in [7, 11) is -4.62. The van der Waals surface area contributed by atoms with Crippen molar-refractivity contribution in [3.05, 3.63) is 24.3 Å². The van der Waals surface area contributed by atoms with Crippen molar-refractivity contribution >= 4 is 19.8 Å². The molecule has 0 aromatic carbocycles. The molecular weight excluding hydrogens is 707 g/mol. The van der Waals surface area contributed by atoms with E-state index in [9.17, 15) is 24.2 Å². The van der Waals surface area contributed by atoms with Gasteiger partial charge in [-0.1, -0.05) is 147 Å². The monoisotopic (exact) mass is 789 g/mol. The van der Waals surface area contributed by atoms with Crippen LogP contribution in [0.3, 0.4) is 0 Å². The molecule has 0 rings (SSSR count). The molecule has 0 aromatic rings. The number of phosphoric ester groups is 1. The fraction of sp³-hybridized carbons (Fsp3) is 0.860. The number of allylic oxidation sites excluding steroid dienone is 4. The molecule has 0 radical (unpaired) electrons. The Morgan fingerprint density at radius 3 is 1.33 bits per heavy atom. The molecule has 54 heavy (non-hydrogen) atoms. The van der Waals surface area contributed by atoms with Crippen LogP contribution in [0.1, 0.15) is 200 Å². The molecule has 0 amide bonds. The largest absolute Gasteiger partial charge is 0.472 e. The molecule has 0 spiro atoms. The van der Waals surface area contributed by atoms with Crippen molar-refractivity contribution in [2.24, 2.45) is 0 Å². The van der Waals surface area contributed by atoms with Gasteiger partial charge in [0.05, 0.1) is 19.8 Å². The third-order valence-corrected chi connectivity index (χ3v) is 10.3. The van der Waals surface area contributed by atoms with Crippen molar-refractivity contribution in [2.45, 2.75) is 212 Å². The van der Waals surface area contributed by atoms with Gasteiger partial charge < -0.3 is 24.6 Å². The van der Waals surface area contributed by atoms with E-state index in [1.165, 1.54) is 96.3 Å². The number of ether oxygens (including phenoxy) is 2. The molecule has 0 bridgehead atoms. The fourth-order valence-electron chi connectivity index (χ4n) is 5.92. The third-order valence-electron chi connectivity index (χ3n) is 9.33. The molecule has 0 heterocycles. The zero-order valence-electron chi connectivity index (χ0n) is 34.4. The van der Waals surface area contributed by atoms with Crippen LogP contribution >= 0.6 is 7.82 Å². The number of esters is 2. The number of carbonyl (C=O) groups is 2. The smallest absolute Gasteiger partial charge is 0.462 e. The Balaban J connectivity index is 4.30. The van der Waals surface area contributed by atoms with Gasteiger partial charge in [-0.3, -0.25) is 18.6 Å². The highest BCUT2D eigenvalue weighted by Crippen LogP contribution is 2.43. The highest BCUT2D eigenvalue weighted by Gasteiger charge is 2.27. The van der Waals surface area contributed by atoms with E-state index >= 15 is 0 Å². The first-order valence-corrected chi connectivity index (χ1v) is 23.3. The average molecular weight is 789 g/mol. The minimum atomic E-state index is -4.62. The highest BCUT2D eigenvalue weighted by molar-refractivity contribution is 7.47. The van der Waals surface area contributed by atoms with Crippen molar-refractivity contribution in [3.63, 3.8) is 0 Å². The number of carbonyl (C=O) groups excluding carboxylic acids is 2. The summed E-state index contributed by atoms with van der Waals surface area (Å²) in [6, 6.07) is 0. The van der Waals surface area contributed by atoms with Crippen molar-refractivity contribution in [1.82, 2.24) is 0 Å². The van der Waals surface area contributed by atoms with E-state index in [-0.39, 0.29) is 19.4 Å². The number of phosphoric acid groups is 1. The number of aliphatic hydroxyl groups is 2. The minimum Gasteiger partial charge on any atom is -0.462 e. The quantitative estimate of drug-likeness (QED) is 0.0236. The maximum atomic E-state index is 12.6. The maximum absolute atomic E-state index is 12.6. The lowest BCUT2D eigenvalue weighted by Crippen LogP contribution is -2.29. The van der Waals surface area contributed by atoms with Gasteiger partial charge in [-0.05, 0) is 64.2 Å². The Kier molecular flexibility index (Phi) is 38.5. The van der Waals surface area contributed by atoms with Gasteiger partial charge in [0.1, 0.15) is 12.7 Å². The van der Waals surface area contributed by atoms with Crippen LogP contribution in [0.5, 0.6) is 0 Å². The molecule has 11 heteroatoms. The molecule has 0 aliphatic heterocycles. The first-order chi connectivity index (χ1) is 26.2. The van der Waals surface area contributed by atoms with Crippen LogP contribution in [0.2, 0.25) is 0 Å². The van der Waals surface area contributed by atoms with Crippen LogP contribution in [0.15, 0.2) is 24.3 Å². The molecule has 0 aliphatic carbocycles. The summed E-state index contributed by atoms with van der Waals surface area (Å²) in [4.78, 5) is 35.0. The number of aliphatic hydroxyl groups excluding tert-OH is 2. The second-order valence-electron chi connectivity index (χ2n) is 14.7. The standard InChI is InChI=1S/C43H81O10P/c1-3-5-7-9-11-13-15-17-19-20-21-23-25-27-29-31-33-35-43(47)53-41(39-52-54(48,49)51-37-40(45)36-44)38-50-42(46)34-32-30-28-26-24-22-18-16-14-12-10-8-6-4-2/h16-19,40-41,44-45H,3-15,20-39H2,1-2H3,(H,48,49)/b18-16-,19-17-. The lowest BCUT2D eigenvalue weighted by atomic mass is 10.1. The van der Waals surface area contributed by atoms with Crippen LogP contribution < -0.4 is 0 Å². The van der Waals surface area contributed by atoms with E-state index in [0.717, 1.165) is 64.2 Å². The van der Waals surface area contributed by atoms with Gasteiger partial charge in [0.2, 0.25) is 0 Å². The van der Waals surface area contributed by atoms with Gasteiger partial charge >= 0.3 is 19.8 Å². The predicted octanol–water partition coefficient (Wildman–Crippen LogP) is 11.4. The van der Waals surface area contributed by atoms with Gasteiger partial charge in [0, 0.05) is 12.8 Å². The van der Waals surface area contributed by atoms with E-state index < -0.39 is 51.8 Å². The molecule has 10 nitrogen and oxygen atoms in total. The molecule has 0 aromatic heterocycles. The Morgan fingerprint density at radius 1 is 0.537 bits per heavy atom. The molecule has 0 aliphatic rings. The first-order valence-electron chi connectivity index (χ1n) is 21.8. The summed E-state index contributed by atoms with van der Waals surface area (Å²) in [6.45, 7) is 2.36. The molecule has 3 atom stereocenters. The molecule has 318 valence electrons. The average Bonchev–Trinajstić information content (AvgIpc) is 3.16. The zero-order valence-corrected chi connectivity index (χ0v) is 35.3. The predicted molar refractivity (Wildman–Crippen MR) is 219 cm³/mol. The Bertz CT molecular complexity index is 957. The second kappa shape index (κ2) is 39.7. The molecule has 0 saturated carbocycles. The van der Waals surface area contributed by atoms with Crippen molar-refractivity contribution in [1.29, 1.82) is 0 Å². The van der Waals surface area contributed by atoms with Gasteiger partial charge in [0.25, 0.3) is 0 Å². The zero-order chi connectivity index (χ0) is 39.8. The van der Waals surface area contributed by atoms with Gasteiger partial charge in [0.15, 0.2) is 6.10 Å². The van der Waals surface area contributed by atoms with E-state index in [0.29, 0.717) is 12.8 Å². The number of rotatable bonds is 41. The van der Waals surface area contributed by atoms with Crippen LogP contribution in [0, 0.1) is 0 Å². The van der Waals surface area contributed by atoms with Crippen LogP contribution in [-0.4, -0.2) is 65.7 Å². The Hall–Kier alpha value is -1.55. The number of hydrogen-bond donors (Lipinski definition) is 3. The molecule has 3 N–H and O–H groups in total. The topological polar surface area (TPSA) is 149 Å². The normalized spacial score (nSPS) is 14.1. The molecule has 3 unspecified atom stereocenters. The highest BCUT2D eigenvalue weighted by atomic mass is 31.2. The number of unbranched alkanes of at least 4 members (excludes halogenated alkanes) is 23. The lowest BCUT2D eigenvalue weighted by Gasteiger charge is -2.20. The summed E-state index contributed by atoms with van der Waals surface area (Å²) >= 11 is 0. The third kappa shape index (κ3) is 38.7. The summed E-state index contributed by atoms with van der Waals surface area (Å²) in [6.07, 6.45) is 38.5. The SMILES string of the molecule is CCCCCCC/C=C\CCCCCCCC(=O)OCC(COP(=O)(O)OCC(O)CO)OC(=O)CCCCCCCCC/C=C\CCCCCCCC. The first kappa shape index (κ1) is 52.5. The van der Waals surface area contributed by atoms with Gasteiger partial charge in [-0.15, -0.1) is 0 Å². The molecular formula is C43H81O10P. The van der Waals surface area contributed by atoms with Crippen LogP contribution in [0.25, 0.3) is 0 Å². The fourth-order valence-corrected chi connectivity index (χ4v) is 6.71. The van der Waals surface area contributed by atoms with Gasteiger partial charge in [-0.2, -0.15) is 0 Å². The maximum Gasteiger partial charge on any atom is 0.472 e. The Morgan fingerprint density at radius 2 is 0.907 bits per heavy atom. The van der Waals surface area contributed by atoms with E-state index in [4.69, 9.17) is 19.1 Å². The van der Waals surface area contributed by atoms with Crippen molar-refractivity contribution in [2.75, 3.05) is 26.4 Å². The minimum absolute atomic E-state index is 0.179. The summed E-state index contributed by atoms with van der Waals surface area (Å²) in [5, 5.41) is 18.3. The van der Waals surface area contributed by atoms with E-state index in [1.54, 1.807) is 0 Å². The van der Waals surface area contributed by atoms with Crippen LogP contribution in [-0.2, 0) is 32.7 Å². The summed E-state index contributed by atoms with van der Waals surface area (Å²) in [5.74, 6) is -0.935. The van der Waals surface area contributed by atoms with E-state index in [2.05, 4.69) is 42.7 Å². The number of hydrogen-bond acceptors (Lipinski definition) is 9. The van der Waals surface area contributed by atoms with Gasteiger partial charge in [-0.25, -0.2) is 4.57 Å². The second-order valence-corrected chi connectivity index (χ2v) is 16.2. The van der Waals surface area contributed by atoms with Crippen molar-refractivity contribution < 1.29 is 47.8 Å². The molecule has 0 saturated heterocycles. The lowest BCUT2D eigenvalue weighted by molar-refractivity contribution is -0.161. The van der Waals surface area contributed by atoms with Crippen molar-refractivity contribution in [3.8, 4) is 0 Å². The summed E-state index contributed by atoms with van der Waals surface area (Å²) in [5.41, 5.74) is 0.